The third-order valence-electron chi connectivity index (χ3n) is 4.90. The van der Waals surface area contributed by atoms with Gasteiger partial charge in [0, 0.05) is 24.9 Å². The number of ether oxygens (including phenoxy) is 2. The summed E-state index contributed by atoms with van der Waals surface area (Å²) in [5, 5.41) is 4.73. The first kappa shape index (κ1) is 19.1. The lowest BCUT2D eigenvalue weighted by atomic mass is 10.0. The lowest BCUT2D eigenvalue weighted by Crippen LogP contribution is -2.23. The molecule has 1 aliphatic heterocycles. The first-order valence-electron chi connectivity index (χ1n) is 9.49. The van der Waals surface area contributed by atoms with Gasteiger partial charge in [-0.25, -0.2) is 4.90 Å². The van der Waals surface area contributed by atoms with Crippen LogP contribution in [0.2, 0.25) is 5.02 Å². The summed E-state index contributed by atoms with van der Waals surface area (Å²) in [6.07, 6.45) is 3.34. The zero-order valence-electron chi connectivity index (χ0n) is 16.4. The number of para-hydroxylation sites is 1. The van der Waals surface area contributed by atoms with Gasteiger partial charge in [-0.05, 0) is 48.0 Å². The highest BCUT2D eigenvalue weighted by Crippen LogP contribution is 2.45. The number of aromatic nitrogens is 2. The Hall–Kier alpha value is -3.84. The van der Waals surface area contributed by atoms with E-state index in [1.165, 1.54) is 11.8 Å². The number of pyridine rings is 1. The molecule has 3 heterocycles. The molecule has 0 saturated carbocycles. The molecule has 0 atom stereocenters. The molecule has 0 aliphatic carbocycles. The fourth-order valence-electron chi connectivity index (χ4n) is 3.51. The molecule has 8 heteroatoms. The SMILES string of the molecule is CC(=O)N(c1ccccc1Cl)c1onc(-c2ccc3c(c2)OCO3)c1-c1ccncc1. The number of halogens is 1. The van der Waals surface area contributed by atoms with E-state index in [9.17, 15) is 4.79 Å². The highest BCUT2D eigenvalue weighted by Gasteiger charge is 2.29. The third kappa shape index (κ3) is 3.39. The van der Waals surface area contributed by atoms with Gasteiger partial charge in [-0.15, -0.1) is 0 Å². The number of amides is 1. The van der Waals surface area contributed by atoms with Crippen molar-refractivity contribution in [3.8, 4) is 33.9 Å². The minimum absolute atomic E-state index is 0.171. The summed E-state index contributed by atoms with van der Waals surface area (Å²) in [5.74, 6) is 1.29. The van der Waals surface area contributed by atoms with E-state index in [1.54, 1.807) is 36.7 Å². The molecule has 0 unspecified atom stereocenters. The van der Waals surface area contributed by atoms with Crippen LogP contribution in [0.3, 0.4) is 0 Å². The number of rotatable bonds is 4. The lowest BCUT2D eigenvalue weighted by molar-refractivity contribution is -0.116. The van der Waals surface area contributed by atoms with Crippen molar-refractivity contribution in [3.05, 3.63) is 72.0 Å². The Morgan fingerprint density at radius 2 is 1.77 bits per heavy atom. The Morgan fingerprint density at radius 3 is 2.55 bits per heavy atom. The molecule has 2 aromatic heterocycles. The van der Waals surface area contributed by atoms with Crippen LogP contribution in [0.25, 0.3) is 22.4 Å². The standard InChI is InChI=1S/C23H16ClN3O4/c1-14(28)27(18-5-3-2-4-17(18)24)23-21(15-8-10-25-11-9-15)22(26-31-23)16-6-7-19-20(12-16)30-13-29-19/h2-12H,13H2,1H3. The van der Waals surface area contributed by atoms with Crippen LogP contribution in [0.15, 0.2) is 71.5 Å². The van der Waals surface area contributed by atoms with Crippen molar-refractivity contribution < 1.29 is 18.8 Å². The molecule has 0 fully saturated rings. The van der Waals surface area contributed by atoms with Gasteiger partial charge in [-0.3, -0.25) is 9.78 Å². The Bertz CT molecular complexity index is 1270. The van der Waals surface area contributed by atoms with Crippen LogP contribution in [0.1, 0.15) is 6.92 Å². The molecular formula is C23H16ClN3O4. The lowest BCUT2D eigenvalue weighted by Gasteiger charge is -2.20. The van der Waals surface area contributed by atoms with E-state index in [2.05, 4.69) is 10.1 Å². The Balaban J connectivity index is 1.73. The number of hydrogen-bond donors (Lipinski definition) is 0. The minimum atomic E-state index is -0.267. The van der Waals surface area contributed by atoms with Crippen LogP contribution in [0.4, 0.5) is 11.6 Å². The Labute approximate surface area is 182 Å². The maximum atomic E-state index is 12.7. The smallest absolute Gasteiger partial charge is 0.247 e. The number of carbonyl (C=O) groups is 1. The molecule has 4 aromatic rings. The van der Waals surface area contributed by atoms with Gasteiger partial charge in [-0.1, -0.05) is 28.9 Å². The van der Waals surface area contributed by atoms with Gasteiger partial charge in [0.15, 0.2) is 11.5 Å². The summed E-state index contributed by atoms with van der Waals surface area (Å²) in [6.45, 7) is 1.62. The quantitative estimate of drug-likeness (QED) is 0.424. The minimum Gasteiger partial charge on any atom is -0.454 e. The predicted molar refractivity (Wildman–Crippen MR) is 116 cm³/mol. The van der Waals surface area contributed by atoms with E-state index < -0.39 is 0 Å². The molecule has 5 rings (SSSR count). The number of anilines is 2. The molecule has 0 saturated heterocycles. The molecule has 0 radical (unpaired) electrons. The van der Waals surface area contributed by atoms with E-state index in [-0.39, 0.29) is 18.6 Å². The molecule has 7 nitrogen and oxygen atoms in total. The van der Waals surface area contributed by atoms with Gasteiger partial charge in [0.1, 0.15) is 5.69 Å². The van der Waals surface area contributed by atoms with Crippen molar-refractivity contribution >= 4 is 29.1 Å². The summed E-state index contributed by atoms with van der Waals surface area (Å²) in [6, 6.07) is 16.3. The maximum Gasteiger partial charge on any atom is 0.247 e. The molecule has 31 heavy (non-hydrogen) atoms. The molecule has 0 bridgehead atoms. The number of carbonyl (C=O) groups excluding carboxylic acids is 1. The van der Waals surface area contributed by atoms with Crippen molar-refractivity contribution in [3.63, 3.8) is 0 Å². The van der Waals surface area contributed by atoms with Gasteiger partial charge in [0.05, 0.1) is 16.3 Å². The maximum absolute atomic E-state index is 12.7. The van der Waals surface area contributed by atoms with Crippen molar-refractivity contribution in [1.82, 2.24) is 10.1 Å². The Kier molecular flexibility index (Phi) is 4.80. The largest absolute Gasteiger partial charge is 0.454 e. The molecule has 0 spiro atoms. The van der Waals surface area contributed by atoms with Crippen LogP contribution in [0, 0.1) is 0 Å². The summed E-state index contributed by atoms with van der Waals surface area (Å²) in [5.41, 5.74) is 3.24. The van der Waals surface area contributed by atoms with Crippen molar-refractivity contribution in [2.24, 2.45) is 0 Å². The normalized spacial score (nSPS) is 12.1. The molecule has 0 N–H and O–H groups in total. The van der Waals surface area contributed by atoms with Crippen LogP contribution in [-0.2, 0) is 4.79 Å². The Morgan fingerprint density at radius 1 is 1.00 bits per heavy atom. The van der Waals surface area contributed by atoms with Gasteiger partial charge in [-0.2, -0.15) is 0 Å². The highest BCUT2D eigenvalue weighted by atomic mass is 35.5. The van der Waals surface area contributed by atoms with E-state index >= 15 is 0 Å². The predicted octanol–water partition coefficient (Wildman–Crippen LogP) is 5.47. The molecule has 1 aliphatic rings. The second kappa shape index (κ2) is 7.77. The van der Waals surface area contributed by atoms with Gasteiger partial charge in [0.25, 0.3) is 0 Å². The molecular weight excluding hydrogens is 418 g/mol. The average molecular weight is 434 g/mol. The van der Waals surface area contributed by atoms with Gasteiger partial charge < -0.3 is 14.0 Å². The second-order valence-corrected chi connectivity index (χ2v) is 7.23. The van der Waals surface area contributed by atoms with Gasteiger partial charge in [0.2, 0.25) is 18.6 Å². The zero-order chi connectivity index (χ0) is 21.4. The zero-order valence-corrected chi connectivity index (χ0v) is 17.2. The number of benzene rings is 2. The van der Waals surface area contributed by atoms with E-state index in [4.69, 9.17) is 25.6 Å². The summed E-state index contributed by atoms with van der Waals surface area (Å²) in [4.78, 5) is 18.2. The van der Waals surface area contributed by atoms with Gasteiger partial charge >= 0.3 is 0 Å². The number of nitrogens with zero attached hydrogens (tertiary/aromatic N) is 3. The van der Waals surface area contributed by atoms with E-state index in [0.29, 0.717) is 33.5 Å². The molecule has 2 aromatic carbocycles. The van der Waals surface area contributed by atoms with E-state index in [1.807, 2.05) is 30.3 Å². The first-order chi connectivity index (χ1) is 15.1. The third-order valence-corrected chi connectivity index (χ3v) is 5.22. The van der Waals surface area contributed by atoms with Crippen LogP contribution in [0.5, 0.6) is 11.5 Å². The molecule has 154 valence electrons. The topological polar surface area (TPSA) is 77.7 Å². The highest BCUT2D eigenvalue weighted by molar-refractivity contribution is 6.34. The second-order valence-electron chi connectivity index (χ2n) is 6.82. The summed E-state index contributed by atoms with van der Waals surface area (Å²) in [7, 11) is 0. The van der Waals surface area contributed by atoms with Crippen LogP contribution in [-0.4, -0.2) is 22.8 Å². The number of hydrogen-bond acceptors (Lipinski definition) is 6. The fraction of sp³-hybridized carbons (Fsp3) is 0.0870. The van der Waals surface area contributed by atoms with Crippen LogP contribution >= 0.6 is 11.6 Å². The fourth-order valence-corrected chi connectivity index (χ4v) is 3.73. The first-order valence-corrected chi connectivity index (χ1v) is 9.86. The monoisotopic (exact) mass is 433 g/mol. The summed E-state index contributed by atoms with van der Waals surface area (Å²) >= 11 is 6.40. The van der Waals surface area contributed by atoms with Crippen molar-refractivity contribution in [2.45, 2.75) is 6.92 Å². The molecule has 1 amide bonds. The summed E-state index contributed by atoms with van der Waals surface area (Å²) < 4.78 is 16.7. The average Bonchev–Trinajstić information content (AvgIpc) is 3.42. The van der Waals surface area contributed by atoms with E-state index in [0.717, 1.165) is 11.1 Å². The number of fused-ring (bicyclic) bond motifs is 1. The van der Waals surface area contributed by atoms with Crippen molar-refractivity contribution in [1.29, 1.82) is 0 Å². The van der Waals surface area contributed by atoms with Crippen molar-refractivity contribution in [2.75, 3.05) is 11.7 Å². The van der Waals surface area contributed by atoms with Crippen LogP contribution < -0.4 is 14.4 Å².